The standard InChI is InChI=1S/C28H37N3O5/c1-33-16-21-10-20-11-24(23(20)12-22(21)17-34-2)28(29)30-7-5-8-31-9-6-18-13-25(35-3)26(36-4)14-19(18)15-27(31)32/h10,12-14,24H,5-9,11,15-17H2,1-4H3,(H2,29,30). The van der Waals surface area contributed by atoms with E-state index in [-0.39, 0.29) is 11.8 Å². The number of nitrogens with zero attached hydrogens (tertiary/aromatic N) is 2. The van der Waals surface area contributed by atoms with E-state index in [1.807, 2.05) is 17.0 Å². The molecule has 0 fully saturated rings. The molecule has 0 bridgehead atoms. The predicted molar refractivity (Wildman–Crippen MR) is 139 cm³/mol. The Morgan fingerprint density at radius 1 is 0.972 bits per heavy atom. The molecule has 1 amide bonds. The third-order valence-electron chi connectivity index (χ3n) is 7.15. The summed E-state index contributed by atoms with van der Waals surface area (Å²) in [5, 5.41) is 0. The Morgan fingerprint density at radius 3 is 2.31 bits per heavy atom. The summed E-state index contributed by atoms with van der Waals surface area (Å²) in [6.45, 7) is 3.06. The average Bonchev–Trinajstić information content (AvgIpc) is 3.01. The number of carbonyl (C=O) groups excluding carboxylic acids is 1. The van der Waals surface area contributed by atoms with Gasteiger partial charge in [-0.2, -0.15) is 0 Å². The fourth-order valence-electron chi connectivity index (χ4n) is 5.13. The Hall–Kier alpha value is -3.10. The molecule has 1 aliphatic heterocycles. The second-order valence-electron chi connectivity index (χ2n) is 9.39. The van der Waals surface area contributed by atoms with E-state index in [4.69, 9.17) is 24.7 Å². The number of fused-ring (bicyclic) bond motifs is 2. The molecular weight excluding hydrogens is 458 g/mol. The zero-order valence-electron chi connectivity index (χ0n) is 21.8. The van der Waals surface area contributed by atoms with E-state index < -0.39 is 0 Å². The zero-order valence-corrected chi connectivity index (χ0v) is 21.8. The summed E-state index contributed by atoms with van der Waals surface area (Å²) in [5.74, 6) is 2.29. The molecule has 2 aromatic rings. The number of benzene rings is 2. The number of aliphatic imine (C=N–C) groups is 1. The van der Waals surface area contributed by atoms with Crippen molar-refractivity contribution < 1.29 is 23.7 Å². The Kier molecular flexibility index (Phi) is 8.48. The first kappa shape index (κ1) is 26.0. The average molecular weight is 496 g/mol. The molecule has 0 saturated heterocycles. The molecule has 1 heterocycles. The summed E-state index contributed by atoms with van der Waals surface area (Å²) in [6, 6.07) is 8.29. The summed E-state index contributed by atoms with van der Waals surface area (Å²) in [6.07, 6.45) is 2.83. The van der Waals surface area contributed by atoms with Crippen molar-refractivity contribution in [1.82, 2.24) is 4.90 Å². The lowest BCUT2D eigenvalue weighted by molar-refractivity contribution is -0.130. The minimum Gasteiger partial charge on any atom is -0.493 e. The first-order valence-corrected chi connectivity index (χ1v) is 12.4. The van der Waals surface area contributed by atoms with E-state index in [0.29, 0.717) is 56.6 Å². The molecule has 2 N–H and O–H groups in total. The second kappa shape index (κ2) is 11.8. The van der Waals surface area contributed by atoms with E-state index in [1.54, 1.807) is 28.4 Å². The second-order valence-corrected chi connectivity index (χ2v) is 9.39. The molecule has 0 saturated carbocycles. The van der Waals surface area contributed by atoms with Crippen LogP contribution in [0.4, 0.5) is 0 Å². The van der Waals surface area contributed by atoms with Crippen LogP contribution in [0.25, 0.3) is 0 Å². The van der Waals surface area contributed by atoms with Gasteiger partial charge in [-0.1, -0.05) is 12.1 Å². The van der Waals surface area contributed by atoms with E-state index in [0.717, 1.165) is 41.5 Å². The summed E-state index contributed by atoms with van der Waals surface area (Å²) in [7, 11) is 6.64. The van der Waals surface area contributed by atoms with Crippen LogP contribution in [0.3, 0.4) is 0 Å². The minimum absolute atomic E-state index is 0.128. The molecule has 2 aromatic carbocycles. The third kappa shape index (κ3) is 5.50. The van der Waals surface area contributed by atoms with Crippen molar-refractivity contribution in [3.05, 3.63) is 57.6 Å². The van der Waals surface area contributed by atoms with Gasteiger partial charge in [0.25, 0.3) is 0 Å². The number of hydrogen-bond acceptors (Lipinski definition) is 6. The SMILES string of the molecule is COCc1cc2c(cc1COC)C(C(N)=NCCCN1CCc3cc(OC)c(OC)cc3CC1=O)C2. The van der Waals surface area contributed by atoms with Crippen molar-refractivity contribution in [2.45, 2.75) is 44.8 Å². The molecule has 8 heteroatoms. The molecule has 0 radical (unpaired) electrons. The van der Waals surface area contributed by atoms with E-state index in [9.17, 15) is 4.79 Å². The monoisotopic (exact) mass is 495 g/mol. The van der Waals surface area contributed by atoms with Gasteiger partial charge < -0.3 is 29.6 Å². The zero-order chi connectivity index (χ0) is 25.7. The summed E-state index contributed by atoms with van der Waals surface area (Å²) < 4.78 is 21.5. The number of amidine groups is 1. The van der Waals surface area contributed by atoms with Crippen LogP contribution in [0, 0.1) is 0 Å². The summed E-state index contributed by atoms with van der Waals surface area (Å²) in [4.78, 5) is 19.5. The van der Waals surface area contributed by atoms with Gasteiger partial charge in [-0.15, -0.1) is 0 Å². The Balaban J connectivity index is 1.33. The van der Waals surface area contributed by atoms with Crippen LogP contribution in [-0.2, 0) is 46.7 Å². The Labute approximate surface area is 213 Å². The Morgan fingerprint density at radius 2 is 1.64 bits per heavy atom. The predicted octanol–water partition coefficient (Wildman–Crippen LogP) is 3.01. The van der Waals surface area contributed by atoms with Crippen molar-refractivity contribution in [3.8, 4) is 11.5 Å². The highest BCUT2D eigenvalue weighted by Gasteiger charge is 2.30. The van der Waals surface area contributed by atoms with Crippen LogP contribution in [0.5, 0.6) is 11.5 Å². The maximum absolute atomic E-state index is 12.9. The van der Waals surface area contributed by atoms with Crippen LogP contribution in [0.1, 0.15) is 45.7 Å². The number of rotatable bonds is 11. The van der Waals surface area contributed by atoms with E-state index in [1.165, 1.54) is 11.1 Å². The number of ether oxygens (including phenoxy) is 4. The molecule has 2 aliphatic rings. The van der Waals surface area contributed by atoms with Gasteiger partial charge in [-0.25, -0.2) is 0 Å². The molecule has 1 atom stereocenters. The molecule has 1 aliphatic carbocycles. The number of hydrogen-bond donors (Lipinski definition) is 1. The smallest absolute Gasteiger partial charge is 0.227 e. The molecule has 36 heavy (non-hydrogen) atoms. The highest BCUT2D eigenvalue weighted by molar-refractivity contribution is 5.90. The lowest BCUT2D eigenvalue weighted by atomic mass is 9.75. The summed E-state index contributed by atoms with van der Waals surface area (Å²) >= 11 is 0. The number of methoxy groups -OCH3 is 4. The topological polar surface area (TPSA) is 95.6 Å². The maximum atomic E-state index is 12.9. The molecule has 0 spiro atoms. The summed E-state index contributed by atoms with van der Waals surface area (Å²) in [5.41, 5.74) is 13.4. The van der Waals surface area contributed by atoms with Crippen LogP contribution >= 0.6 is 0 Å². The largest absolute Gasteiger partial charge is 0.493 e. The van der Waals surface area contributed by atoms with E-state index >= 15 is 0 Å². The van der Waals surface area contributed by atoms with Gasteiger partial charge in [-0.05, 0) is 64.8 Å². The number of amides is 1. The fourth-order valence-corrected chi connectivity index (χ4v) is 5.13. The highest BCUT2D eigenvalue weighted by atomic mass is 16.5. The molecule has 0 aromatic heterocycles. The van der Waals surface area contributed by atoms with Crippen molar-refractivity contribution in [3.63, 3.8) is 0 Å². The highest BCUT2D eigenvalue weighted by Crippen LogP contribution is 2.38. The van der Waals surface area contributed by atoms with Crippen LogP contribution in [-0.4, -0.2) is 64.7 Å². The first-order chi connectivity index (χ1) is 17.5. The van der Waals surface area contributed by atoms with Crippen molar-refractivity contribution in [2.75, 3.05) is 48.1 Å². The van der Waals surface area contributed by atoms with Gasteiger partial charge >= 0.3 is 0 Å². The van der Waals surface area contributed by atoms with Crippen LogP contribution in [0.15, 0.2) is 29.3 Å². The van der Waals surface area contributed by atoms with E-state index in [2.05, 4.69) is 17.1 Å². The quantitative estimate of drug-likeness (QED) is 0.293. The normalized spacial score (nSPS) is 17.2. The molecule has 4 rings (SSSR count). The van der Waals surface area contributed by atoms with Crippen molar-refractivity contribution in [2.24, 2.45) is 10.7 Å². The lowest BCUT2D eigenvalue weighted by Gasteiger charge is -2.31. The minimum atomic E-state index is 0.128. The van der Waals surface area contributed by atoms with Crippen molar-refractivity contribution in [1.29, 1.82) is 0 Å². The first-order valence-electron chi connectivity index (χ1n) is 12.4. The molecule has 1 unspecified atom stereocenters. The number of nitrogens with two attached hydrogens (primary N) is 1. The van der Waals surface area contributed by atoms with Gasteiger partial charge in [0.2, 0.25) is 5.91 Å². The molecule has 194 valence electrons. The van der Waals surface area contributed by atoms with Gasteiger partial charge in [0.1, 0.15) is 5.84 Å². The van der Waals surface area contributed by atoms with Crippen LogP contribution in [0.2, 0.25) is 0 Å². The molecular formula is C28H37N3O5. The van der Waals surface area contributed by atoms with Gasteiger partial charge in [0.05, 0.1) is 33.9 Å². The maximum Gasteiger partial charge on any atom is 0.227 e. The van der Waals surface area contributed by atoms with Gasteiger partial charge in [0, 0.05) is 39.8 Å². The fraction of sp³-hybridized carbons (Fsp3) is 0.500. The Bertz CT molecular complexity index is 1130. The van der Waals surface area contributed by atoms with Gasteiger partial charge in [-0.3, -0.25) is 9.79 Å². The van der Waals surface area contributed by atoms with Crippen LogP contribution < -0.4 is 15.2 Å². The van der Waals surface area contributed by atoms with Gasteiger partial charge in [0.15, 0.2) is 11.5 Å². The molecule has 8 nitrogen and oxygen atoms in total. The number of carbonyl (C=O) groups is 1. The van der Waals surface area contributed by atoms with Crippen molar-refractivity contribution >= 4 is 11.7 Å². The lowest BCUT2D eigenvalue weighted by Crippen LogP contribution is -2.34. The third-order valence-corrected chi connectivity index (χ3v) is 7.15.